The number of pyridine rings is 1. The third-order valence-corrected chi connectivity index (χ3v) is 7.87. The predicted octanol–water partition coefficient (Wildman–Crippen LogP) is 3.08. The number of hydrogen-bond acceptors (Lipinski definition) is 5. The first-order chi connectivity index (χ1) is 17.0. The molecule has 1 aromatic carbocycles. The van der Waals surface area contributed by atoms with E-state index >= 15 is 0 Å². The molecule has 2 amide bonds. The molecule has 186 valence electrons. The molecule has 1 atom stereocenters. The highest BCUT2D eigenvalue weighted by molar-refractivity contribution is 5.94. The van der Waals surface area contributed by atoms with Crippen molar-refractivity contribution in [2.45, 2.75) is 56.7 Å². The molecule has 1 aliphatic carbocycles. The van der Waals surface area contributed by atoms with Crippen molar-refractivity contribution in [3.63, 3.8) is 0 Å². The van der Waals surface area contributed by atoms with Crippen LogP contribution in [0.5, 0.6) is 0 Å². The average Bonchev–Trinajstić information content (AvgIpc) is 3.16. The highest BCUT2D eigenvalue weighted by atomic mass is 16.4. The van der Waals surface area contributed by atoms with Gasteiger partial charge in [0.25, 0.3) is 0 Å². The molecule has 1 saturated carbocycles. The molecule has 3 heterocycles. The van der Waals surface area contributed by atoms with E-state index in [9.17, 15) is 14.7 Å². The van der Waals surface area contributed by atoms with Crippen LogP contribution in [0.2, 0.25) is 0 Å². The van der Waals surface area contributed by atoms with Crippen LogP contribution in [-0.4, -0.2) is 77.2 Å². The van der Waals surface area contributed by atoms with E-state index in [4.69, 9.17) is 0 Å². The Morgan fingerprint density at radius 2 is 1.83 bits per heavy atom. The van der Waals surface area contributed by atoms with E-state index in [1.807, 2.05) is 9.80 Å². The number of carboxylic acids is 1. The molecule has 2 aliphatic heterocycles. The molecule has 8 heteroatoms. The normalized spacial score (nSPS) is 24.2. The maximum absolute atomic E-state index is 13.4. The van der Waals surface area contributed by atoms with Gasteiger partial charge in [-0.1, -0.05) is 12.1 Å². The van der Waals surface area contributed by atoms with Crippen LogP contribution < -0.4 is 10.2 Å². The van der Waals surface area contributed by atoms with E-state index in [0.29, 0.717) is 5.56 Å². The Kier molecular flexibility index (Phi) is 7.02. The standard InChI is InChI=1S/C27H35N5O3/c1-30-13-10-19-4-7-24(17-20(19)11-14-30)32-16-15-31(27(32)35)23-8-5-22(6-9-23)29-25(26(33)34)21-3-2-12-28-18-21/h2-4,7,12,17-18,22-23,25,29H,5-6,8-11,13-16H2,1H3,(H,33,34). The quantitative estimate of drug-likeness (QED) is 0.665. The number of aromatic nitrogens is 1. The van der Waals surface area contributed by atoms with E-state index in [0.717, 1.165) is 70.4 Å². The van der Waals surface area contributed by atoms with Crippen LogP contribution in [0.3, 0.4) is 0 Å². The SMILES string of the molecule is CN1CCc2ccc(N3CCN(C4CCC(NC(C(=O)O)c5cccnc5)CC4)C3=O)cc2CC1. The van der Waals surface area contributed by atoms with Crippen molar-refractivity contribution in [1.29, 1.82) is 0 Å². The van der Waals surface area contributed by atoms with Crippen molar-refractivity contribution >= 4 is 17.7 Å². The van der Waals surface area contributed by atoms with E-state index in [1.165, 1.54) is 11.1 Å². The first-order valence-corrected chi connectivity index (χ1v) is 12.8. The van der Waals surface area contributed by atoms with Crippen LogP contribution in [0, 0.1) is 0 Å². The molecular weight excluding hydrogens is 442 g/mol. The summed E-state index contributed by atoms with van der Waals surface area (Å²) in [7, 11) is 2.17. The number of nitrogens with zero attached hydrogens (tertiary/aromatic N) is 4. The fourth-order valence-electron chi connectivity index (χ4n) is 5.77. The lowest BCUT2D eigenvalue weighted by molar-refractivity contribution is -0.140. The van der Waals surface area contributed by atoms with Gasteiger partial charge in [0.2, 0.25) is 0 Å². The van der Waals surface area contributed by atoms with Crippen molar-refractivity contribution in [2.75, 3.05) is 38.1 Å². The number of carbonyl (C=O) groups is 2. The van der Waals surface area contributed by atoms with Crippen molar-refractivity contribution in [3.05, 3.63) is 59.4 Å². The highest BCUT2D eigenvalue weighted by Crippen LogP contribution is 2.31. The van der Waals surface area contributed by atoms with Gasteiger partial charge in [-0.3, -0.25) is 20.0 Å². The van der Waals surface area contributed by atoms with Gasteiger partial charge < -0.3 is 14.9 Å². The molecule has 2 N–H and O–H groups in total. The molecular formula is C27H35N5O3. The van der Waals surface area contributed by atoms with Crippen LogP contribution in [0.15, 0.2) is 42.7 Å². The number of likely N-dealkylation sites (N-methyl/N-ethyl adjacent to an activating group) is 1. The predicted molar refractivity (Wildman–Crippen MR) is 135 cm³/mol. The zero-order valence-corrected chi connectivity index (χ0v) is 20.4. The third kappa shape index (κ3) is 5.18. The van der Waals surface area contributed by atoms with Crippen LogP contribution in [0.25, 0.3) is 0 Å². The number of rotatable bonds is 6. The Morgan fingerprint density at radius 1 is 1.06 bits per heavy atom. The van der Waals surface area contributed by atoms with Crippen molar-refractivity contribution < 1.29 is 14.7 Å². The van der Waals surface area contributed by atoms with Gasteiger partial charge in [0.1, 0.15) is 6.04 Å². The zero-order valence-electron chi connectivity index (χ0n) is 20.4. The molecule has 5 rings (SSSR count). The molecule has 1 aromatic heterocycles. The van der Waals surface area contributed by atoms with Gasteiger partial charge >= 0.3 is 12.0 Å². The van der Waals surface area contributed by atoms with Gasteiger partial charge in [-0.25, -0.2) is 4.79 Å². The van der Waals surface area contributed by atoms with Crippen molar-refractivity contribution in [1.82, 2.24) is 20.1 Å². The lowest BCUT2D eigenvalue weighted by Crippen LogP contribution is -2.46. The second kappa shape index (κ2) is 10.3. The molecule has 35 heavy (non-hydrogen) atoms. The van der Waals surface area contributed by atoms with Gasteiger partial charge in [0, 0.05) is 56.3 Å². The Labute approximate surface area is 206 Å². The monoisotopic (exact) mass is 477 g/mol. The van der Waals surface area contributed by atoms with Crippen LogP contribution >= 0.6 is 0 Å². The van der Waals surface area contributed by atoms with E-state index in [2.05, 4.69) is 40.4 Å². The smallest absolute Gasteiger partial charge is 0.325 e. The van der Waals surface area contributed by atoms with Crippen LogP contribution in [-0.2, 0) is 17.6 Å². The molecule has 1 unspecified atom stereocenters. The summed E-state index contributed by atoms with van der Waals surface area (Å²) in [4.78, 5) is 35.6. The molecule has 0 radical (unpaired) electrons. The summed E-state index contributed by atoms with van der Waals surface area (Å²) in [6, 6.07) is 9.76. The summed E-state index contributed by atoms with van der Waals surface area (Å²) >= 11 is 0. The molecule has 2 fully saturated rings. The largest absolute Gasteiger partial charge is 0.480 e. The Hall–Kier alpha value is -2.97. The van der Waals surface area contributed by atoms with E-state index < -0.39 is 12.0 Å². The Balaban J connectivity index is 1.19. The number of amides is 2. The summed E-state index contributed by atoms with van der Waals surface area (Å²) in [6.45, 7) is 3.60. The number of aliphatic carboxylic acids is 1. The van der Waals surface area contributed by atoms with Crippen LogP contribution in [0.4, 0.5) is 10.5 Å². The molecule has 0 spiro atoms. The average molecular weight is 478 g/mol. The lowest BCUT2D eigenvalue weighted by atomic mass is 9.89. The van der Waals surface area contributed by atoms with Gasteiger partial charge in [0.15, 0.2) is 0 Å². The molecule has 2 aromatic rings. The topological polar surface area (TPSA) is 89.0 Å². The third-order valence-electron chi connectivity index (χ3n) is 7.87. The number of fused-ring (bicyclic) bond motifs is 1. The van der Waals surface area contributed by atoms with Gasteiger partial charge in [-0.05, 0) is 80.5 Å². The number of hydrogen-bond donors (Lipinski definition) is 2. The lowest BCUT2D eigenvalue weighted by Gasteiger charge is -2.35. The molecule has 3 aliphatic rings. The fraction of sp³-hybridized carbons (Fsp3) is 0.519. The minimum absolute atomic E-state index is 0.103. The number of benzene rings is 1. The van der Waals surface area contributed by atoms with Crippen molar-refractivity contribution in [3.8, 4) is 0 Å². The maximum Gasteiger partial charge on any atom is 0.325 e. The number of carboxylic acid groups (broad SMARTS) is 1. The zero-order chi connectivity index (χ0) is 24.4. The van der Waals surface area contributed by atoms with Gasteiger partial charge in [0.05, 0.1) is 0 Å². The summed E-state index contributed by atoms with van der Waals surface area (Å²) in [6.07, 6.45) is 8.81. The number of nitrogens with one attached hydrogen (secondary N) is 1. The van der Waals surface area contributed by atoms with Gasteiger partial charge in [-0.15, -0.1) is 0 Å². The summed E-state index contributed by atoms with van der Waals surface area (Å²) in [5.41, 5.74) is 4.45. The second-order valence-electron chi connectivity index (χ2n) is 10.1. The number of urea groups is 1. The fourth-order valence-corrected chi connectivity index (χ4v) is 5.77. The maximum atomic E-state index is 13.4. The minimum Gasteiger partial charge on any atom is -0.480 e. The second-order valence-corrected chi connectivity index (χ2v) is 10.1. The summed E-state index contributed by atoms with van der Waals surface area (Å²) in [5, 5.41) is 13.0. The molecule has 8 nitrogen and oxygen atoms in total. The van der Waals surface area contributed by atoms with Gasteiger partial charge in [-0.2, -0.15) is 0 Å². The van der Waals surface area contributed by atoms with Crippen LogP contribution in [0.1, 0.15) is 48.4 Å². The number of anilines is 1. The molecule has 0 bridgehead atoms. The van der Waals surface area contributed by atoms with E-state index in [1.54, 1.807) is 24.5 Å². The first-order valence-electron chi connectivity index (χ1n) is 12.8. The van der Waals surface area contributed by atoms with E-state index in [-0.39, 0.29) is 18.1 Å². The number of carbonyl (C=O) groups excluding carboxylic acids is 1. The Morgan fingerprint density at radius 3 is 2.54 bits per heavy atom. The van der Waals surface area contributed by atoms with Crippen molar-refractivity contribution in [2.24, 2.45) is 0 Å². The minimum atomic E-state index is -0.891. The Bertz CT molecular complexity index is 1050. The molecule has 1 saturated heterocycles. The summed E-state index contributed by atoms with van der Waals surface area (Å²) < 4.78 is 0. The summed E-state index contributed by atoms with van der Waals surface area (Å²) in [5.74, 6) is -0.891. The highest BCUT2D eigenvalue weighted by Gasteiger charge is 2.37. The first kappa shape index (κ1) is 23.8.